The molecule has 0 amide bonds. The monoisotopic (exact) mass is 174 g/mol. The Morgan fingerprint density at radius 1 is 1.82 bits per heavy atom. The van der Waals surface area contributed by atoms with E-state index in [1.165, 1.54) is 0 Å². The average molecular weight is 174 g/mol. The molecule has 3 nitrogen and oxygen atoms in total. The molecule has 1 rings (SSSR count). The lowest BCUT2D eigenvalue weighted by Crippen LogP contribution is -2.04. The van der Waals surface area contributed by atoms with Gasteiger partial charge in [-0.15, -0.1) is 0 Å². The predicted octanol–water partition coefficient (Wildman–Crippen LogP) is -0.117. The summed E-state index contributed by atoms with van der Waals surface area (Å²) in [6, 6.07) is 0.974. The van der Waals surface area contributed by atoms with Crippen molar-refractivity contribution < 1.29 is 14.0 Å². The van der Waals surface area contributed by atoms with Gasteiger partial charge in [0.1, 0.15) is 5.78 Å². The molecule has 1 unspecified atom stereocenters. The Labute approximate surface area is 69.0 Å². The van der Waals surface area contributed by atoms with Crippen LogP contribution in [0.2, 0.25) is 6.04 Å². The highest BCUT2D eigenvalue weighted by Gasteiger charge is 2.24. The van der Waals surface area contributed by atoms with E-state index in [1.807, 2.05) is 0 Å². The third kappa shape index (κ3) is 4.29. The van der Waals surface area contributed by atoms with Crippen molar-refractivity contribution in [3.63, 3.8) is 0 Å². The number of ether oxygens (including phenoxy) is 1. The summed E-state index contributed by atoms with van der Waals surface area (Å²) < 4.78 is 9.91. The van der Waals surface area contributed by atoms with Crippen LogP contribution >= 0.6 is 0 Å². The van der Waals surface area contributed by atoms with Crippen LogP contribution in [0.25, 0.3) is 0 Å². The Hall–Kier alpha value is -0.193. The van der Waals surface area contributed by atoms with Crippen molar-refractivity contribution in [3.8, 4) is 0 Å². The minimum atomic E-state index is -0.396. The topological polar surface area (TPSA) is 38.8 Å². The van der Waals surface area contributed by atoms with Gasteiger partial charge >= 0.3 is 0 Å². The van der Waals surface area contributed by atoms with Crippen molar-refractivity contribution in [2.75, 3.05) is 13.7 Å². The molecule has 0 aromatic carbocycles. The van der Waals surface area contributed by atoms with E-state index in [0.717, 1.165) is 12.7 Å². The molecule has 4 heteroatoms. The van der Waals surface area contributed by atoms with Crippen LogP contribution in [0.3, 0.4) is 0 Å². The van der Waals surface area contributed by atoms with Gasteiger partial charge in [0, 0.05) is 20.0 Å². The Morgan fingerprint density at radius 3 is 3.09 bits per heavy atom. The minimum absolute atomic E-state index is 0.256. The average Bonchev–Trinajstić information content (AvgIpc) is 2.72. The number of hydrogen-bond donors (Lipinski definition) is 0. The maximum absolute atomic E-state index is 11.1. The summed E-state index contributed by atoms with van der Waals surface area (Å²) in [5.74, 6) is 0.331. The first-order chi connectivity index (χ1) is 5.33. The summed E-state index contributed by atoms with van der Waals surface area (Å²) in [6.45, 7) is 0.785. The number of carbonyl (C=O) groups excluding carboxylic acids is 1. The number of rotatable bonds is 6. The zero-order valence-corrected chi connectivity index (χ0v) is 8.25. The largest absolute Gasteiger partial charge is 0.427 e. The summed E-state index contributed by atoms with van der Waals surface area (Å²) in [7, 11) is 1.31. The van der Waals surface area contributed by atoms with Gasteiger partial charge in [0.05, 0.1) is 12.7 Å². The Morgan fingerprint density at radius 2 is 2.55 bits per heavy atom. The van der Waals surface area contributed by atoms with E-state index in [-0.39, 0.29) is 6.10 Å². The van der Waals surface area contributed by atoms with Gasteiger partial charge in [0.25, 0.3) is 0 Å². The fraction of sp³-hybridized carbons (Fsp3) is 0.857. The lowest BCUT2D eigenvalue weighted by Gasteiger charge is -1.96. The van der Waals surface area contributed by atoms with Crippen LogP contribution in [0.15, 0.2) is 0 Å². The summed E-state index contributed by atoms with van der Waals surface area (Å²) in [5.41, 5.74) is 0. The lowest BCUT2D eigenvalue weighted by atomic mass is 10.2. The second-order valence-electron chi connectivity index (χ2n) is 2.79. The zero-order valence-electron chi connectivity index (χ0n) is 6.84. The van der Waals surface area contributed by atoms with Crippen molar-refractivity contribution in [1.82, 2.24) is 0 Å². The van der Waals surface area contributed by atoms with Crippen LogP contribution in [0.5, 0.6) is 0 Å². The van der Waals surface area contributed by atoms with E-state index >= 15 is 0 Å². The molecule has 1 aliphatic rings. The number of Topliss-reactive ketones (excluding diaryl/α,β-unsaturated/α-hetero) is 1. The smallest absolute Gasteiger partial charge is 0.161 e. The van der Waals surface area contributed by atoms with Gasteiger partial charge in [0.2, 0.25) is 0 Å². The Balaban J connectivity index is 1.92. The van der Waals surface area contributed by atoms with Crippen LogP contribution < -0.4 is 0 Å². The molecular formula is C7H14O3Si. The lowest BCUT2D eigenvalue weighted by molar-refractivity contribution is -0.119. The molecular weight excluding hydrogens is 160 g/mol. The van der Waals surface area contributed by atoms with Crippen molar-refractivity contribution in [2.45, 2.75) is 25.0 Å². The van der Waals surface area contributed by atoms with Crippen LogP contribution in [0, 0.1) is 0 Å². The van der Waals surface area contributed by atoms with Gasteiger partial charge in [-0.1, -0.05) is 0 Å². The normalized spacial score (nSPS) is 22.8. The highest BCUT2D eigenvalue weighted by atomic mass is 28.2. The van der Waals surface area contributed by atoms with Gasteiger partial charge < -0.3 is 9.16 Å². The molecule has 0 saturated carbocycles. The summed E-state index contributed by atoms with van der Waals surface area (Å²) >= 11 is 0. The van der Waals surface area contributed by atoms with E-state index in [1.54, 1.807) is 7.11 Å². The van der Waals surface area contributed by atoms with Crippen LogP contribution in [0.4, 0.5) is 0 Å². The fourth-order valence-corrected chi connectivity index (χ4v) is 1.78. The second-order valence-corrected chi connectivity index (χ2v) is 4.49. The molecule has 0 aliphatic carbocycles. The number of hydrogen-bond acceptors (Lipinski definition) is 3. The third-order valence-electron chi connectivity index (χ3n) is 1.66. The molecule has 1 aliphatic heterocycles. The molecule has 11 heavy (non-hydrogen) atoms. The molecule has 64 valence electrons. The number of ketones is 1. The SMILES string of the molecule is CO[SiH2]CCC(=O)CC1CO1. The second kappa shape index (κ2) is 4.64. The minimum Gasteiger partial charge on any atom is -0.427 e. The molecule has 1 saturated heterocycles. The van der Waals surface area contributed by atoms with Gasteiger partial charge in [0.15, 0.2) is 9.76 Å². The molecule has 0 aromatic rings. The molecule has 0 spiro atoms. The first kappa shape index (κ1) is 8.90. The van der Waals surface area contributed by atoms with Crippen molar-refractivity contribution >= 4 is 15.5 Å². The van der Waals surface area contributed by atoms with Crippen molar-refractivity contribution in [2.24, 2.45) is 0 Å². The molecule has 1 fully saturated rings. The van der Waals surface area contributed by atoms with Gasteiger partial charge in [-0.2, -0.15) is 0 Å². The van der Waals surface area contributed by atoms with Crippen LogP contribution in [-0.2, 0) is 14.0 Å². The molecule has 0 N–H and O–H groups in total. The van der Waals surface area contributed by atoms with E-state index in [2.05, 4.69) is 0 Å². The fourth-order valence-electron chi connectivity index (χ4n) is 0.956. The quantitative estimate of drug-likeness (QED) is 0.320. The zero-order chi connectivity index (χ0) is 8.10. The number of carbonyl (C=O) groups is 1. The highest BCUT2D eigenvalue weighted by molar-refractivity contribution is 6.27. The molecule has 0 aromatic heterocycles. The maximum Gasteiger partial charge on any atom is 0.161 e. The molecule has 1 heterocycles. The maximum atomic E-state index is 11.1. The van der Waals surface area contributed by atoms with E-state index in [9.17, 15) is 4.79 Å². The Kier molecular flexibility index (Phi) is 3.75. The van der Waals surface area contributed by atoms with Crippen LogP contribution in [0.1, 0.15) is 12.8 Å². The summed E-state index contributed by atoms with van der Waals surface area (Å²) in [6.07, 6.45) is 1.57. The molecule has 1 atom stereocenters. The van der Waals surface area contributed by atoms with Crippen molar-refractivity contribution in [1.29, 1.82) is 0 Å². The van der Waals surface area contributed by atoms with E-state index < -0.39 is 9.76 Å². The van der Waals surface area contributed by atoms with Crippen LogP contribution in [-0.4, -0.2) is 35.4 Å². The third-order valence-corrected chi connectivity index (χ3v) is 2.71. The van der Waals surface area contributed by atoms with E-state index in [0.29, 0.717) is 18.6 Å². The molecule has 0 radical (unpaired) electrons. The first-order valence-electron chi connectivity index (χ1n) is 3.95. The first-order valence-corrected chi connectivity index (χ1v) is 5.53. The molecule has 0 bridgehead atoms. The highest BCUT2D eigenvalue weighted by Crippen LogP contribution is 2.14. The standard InChI is InChI=1S/C7H14O3Si/c1-9-11-3-2-6(8)4-7-5-10-7/h7H,2-5,11H2,1H3. The Bertz CT molecular complexity index is 134. The van der Waals surface area contributed by atoms with Crippen molar-refractivity contribution in [3.05, 3.63) is 0 Å². The van der Waals surface area contributed by atoms with E-state index in [4.69, 9.17) is 9.16 Å². The predicted molar refractivity (Wildman–Crippen MR) is 44.3 cm³/mol. The van der Waals surface area contributed by atoms with Gasteiger partial charge in [-0.3, -0.25) is 4.79 Å². The summed E-state index contributed by atoms with van der Waals surface area (Å²) in [4.78, 5) is 11.1. The van der Waals surface area contributed by atoms with Gasteiger partial charge in [-0.25, -0.2) is 0 Å². The number of epoxide rings is 1. The summed E-state index contributed by atoms with van der Waals surface area (Å²) in [5, 5.41) is 0. The van der Waals surface area contributed by atoms with Gasteiger partial charge in [-0.05, 0) is 6.04 Å².